The van der Waals surface area contributed by atoms with Gasteiger partial charge in [0.1, 0.15) is 8.64 Å². The van der Waals surface area contributed by atoms with Gasteiger partial charge in [0.2, 0.25) is 10.0 Å². The molecule has 0 amide bonds. The maximum atomic E-state index is 11.5. The minimum atomic E-state index is -3.89. The van der Waals surface area contributed by atoms with E-state index in [1.807, 2.05) is 0 Å². The molecule has 1 rings (SSSR count). The summed E-state index contributed by atoms with van der Waals surface area (Å²) in [6.45, 7) is 0.586. The summed E-state index contributed by atoms with van der Waals surface area (Å²) in [5.74, 6) is 0. The van der Waals surface area contributed by atoms with Crippen molar-refractivity contribution in [3.05, 3.63) is 28.8 Å². The first-order valence-electron chi connectivity index (χ1n) is 6.98. The first-order chi connectivity index (χ1) is 12.1. The standard InChI is InChI=1S/C13H18ClN3O4S5/c1-20-4-5-21-11(17-13(24)25)10(16-12(22)23)8-3-2-7(6-9(8)14)26(15,18)19/h2-3,6,10-11H,4-5H2,1H3,(H2,15,18,19)(H2,16,22,23)(H2,17,24,25). The fourth-order valence-corrected chi connectivity index (χ4v) is 3.40. The van der Waals surface area contributed by atoms with Crippen LogP contribution in [0.2, 0.25) is 5.02 Å². The Bertz CT molecular complexity index is 762. The van der Waals surface area contributed by atoms with Crippen molar-refractivity contribution in [3.63, 3.8) is 0 Å². The predicted molar refractivity (Wildman–Crippen MR) is 117 cm³/mol. The maximum Gasteiger partial charge on any atom is 0.238 e. The van der Waals surface area contributed by atoms with Gasteiger partial charge in [-0.25, -0.2) is 13.6 Å². The zero-order valence-corrected chi connectivity index (χ0v) is 18.5. The molecule has 0 aliphatic heterocycles. The molecule has 7 nitrogen and oxygen atoms in total. The third-order valence-corrected chi connectivity index (χ3v) is 4.80. The van der Waals surface area contributed by atoms with Crippen LogP contribution < -0.4 is 15.8 Å². The van der Waals surface area contributed by atoms with Gasteiger partial charge in [0.05, 0.1) is 24.2 Å². The first-order valence-corrected chi connectivity index (χ1v) is 10.6. The smallest absolute Gasteiger partial charge is 0.238 e. The predicted octanol–water partition coefficient (Wildman–Crippen LogP) is 1.63. The molecular formula is C13H18ClN3O4S5. The van der Waals surface area contributed by atoms with E-state index in [9.17, 15) is 8.42 Å². The van der Waals surface area contributed by atoms with Crippen LogP contribution in [0, 0.1) is 0 Å². The maximum absolute atomic E-state index is 11.5. The highest BCUT2D eigenvalue weighted by Crippen LogP contribution is 2.29. The van der Waals surface area contributed by atoms with Crippen molar-refractivity contribution < 1.29 is 17.9 Å². The van der Waals surface area contributed by atoms with Crippen LogP contribution in [0.1, 0.15) is 11.6 Å². The van der Waals surface area contributed by atoms with Gasteiger partial charge in [0.25, 0.3) is 0 Å². The van der Waals surface area contributed by atoms with E-state index in [1.54, 1.807) is 0 Å². The summed E-state index contributed by atoms with van der Waals surface area (Å²) in [5.41, 5.74) is 0.495. The summed E-state index contributed by atoms with van der Waals surface area (Å²) in [4.78, 5) is -0.118. The Hall–Kier alpha value is -0.180. The fraction of sp³-hybridized carbons (Fsp3) is 0.385. The zero-order valence-electron chi connectivity index (χ0n) is 13.5. The number of halogens is 1. The van der Waals surface area contributed by atoms with Gasteiger partial charge in [-0.2, -0.15) is 0 Å². The number of rotatable bonds is 9. The number of benzene rings is 1. The van der Waals surface area contributed by atoms with Gasteiger partial charge in [-0.3, -0.25) is 0 Å². The number of primary sulfonamides is 1. The molecule has 0 aliphatic carbocycles. The highest BCUT2D eigenvalue weighted by molar-refractivity contribution is 8.11. The Kier molecular flexibility index (Phi) is 10.1. The molecule has 2 atom stereocenters. The van der Waals surface area contributed by atoms with Crippen molar-refractivity contribution in [2.24, 2.45) is 5.14 Å². The molecule has 0 radical (unpaired) electrons. The van der Waals surface area contributed by atoms with Crippen molar-refractivity contribution in [2.75, 3.05) is 20.3 Å². The van der Waals surface area contributed by atoms with Gasteiger partial charge in [0.15, 0.2) is 6.23 Å². The average molecular weight is 476 g/mol. The van der Waals surface area contributed by atoms with Crippen LogP contribution >= 0.6 is 61.3 Å². The monoisotopic (exact) mass is 475 g/mol. The van der Waals surface area contributed by atoms with Gasteiger partial charge in [-0.15, -0.1) is 25.3 Å². The summed E-state index contributed by atoms with van der Waals surface area (Å²) in [5, 5.41) is 11.1. The second-order valence-corrected chi connectivity index (χ2v) is 9.17. The van der Waals surface area contributed by atoms with Crippen LogP contribution in [0.5, 0.6) is 0 Å². The van der Waals surface area contributed by atoms with E-state index in [4.69, 9.17) is 50.6 Å². The Morgan fingerprint density at radius 2 is 1.88 bits per heavy atom. The number of hydrogen-bond acceptors (Lipinski definition) is 6. The number of hydrogen-bond donors (Lipinski definition) is 5. The Balaban J connectivity index is 3.28. The Labute approximate surface area is 179 Å². The third kappa shape index (κ3) is 7.82. The van der Waals surface area contributed by atoms with E-state index in [0.717, 1.165) is 0 Å². The lowest BCUT2D eigenvalue weighted by Crippen LogP contribution is -2.46. The van der Waals surface area contributed by atoms with Crippen LogP contribution in [0.15, 0.2) is 23.1 Å². The number of nitrogens with one attached hydrogen (secondary N) is 2. The van der Waals surface area contributed by atoms with E-state index in [1.165, 1.54) is 25.3 Å². The van der Waals surface area contributed by atoms with Crippen LogP contribution in [0.4, 0.5) is 0 Å². The summed E-state index contributed by atoms with van der Waals surface area (Å²) in [6.07, 6.45) is -0.738. The van der Waals surface area contributed by atoms with E-state index in [-0.39, 0.29) is 25.2 Å². The molecule has 0 fully saturated rings. The summed E-state index contributed by atoms with van der Waals surface area (Å²) < 4.78 is 34.0. The van der Waals surface area contributed by atoms with Crippen molar-refractivity contribution in [3.8, 4) is 0 Å². The molecule has 0 saturated carbocycles. The second kappa shape index (κ2) is 11.0. The molecule has 0 aromatic heterocycles. The molecular weight excluding hydrogens is 458 g/mol. The number of sulfonamides is 1. The topological polar surface area (TPSA) is 103 Å². The van der Waals surface area contributed by atoms with Gasteiger partial charge < -0.3 is 20.1 Å². The third-order valence-electron chi connectivity index (χ3n) is 3.07. The minimum Gasteiger partial charge on any atom is -0.382 e. The number of nitrogens with two attached hydrogens (primary N) is 1. The van der Waals surface area contributed by atoms with Gasteiger partial charge >= 0.3 is 0 Å². The number of methoxy groups -OCH3 is 1. The van der Waals surface area contributed by atoms with E-state index >= 15 is 0 Å². The molecule has 0 spiro atoms. The van der Waals surface area contributed by atoms with Crippen molar-refractivity contribution >= 4 is 80.0 Å². The van der Waals surface area contributed by atoms with Gasteiger partial charge in [-0.1, -0.05) is 42.1 Å². The summed E-state index contributed by atoms with van der Waals surface area (Å²) >= 11 is 24.4. The quantitative estimate of drug-likeness (QED) is 0.159. The molecule has 1 aromatic carbocycles. The van der Waals surface area contributed by atoms with Gasteiger partial charge in [0, 0.05) is 12.1 Å². The Morgan fingerprint density at radius 1 is 1.27 bits per heavy atom. The lowest BCUT2D eigenvalue weighted by atomic mass is 10.1. The van der Waals surface area contributed by atoms with Crippen molar-refractivity contribution in [2.45, 2.75) is 17.2 Å². The lowest BCUT2D eigenvalue weighted by Gasteiger charge is -2.30. The molecule has 2 unspecified atom stereocenters. The highest BCUT2D eigenvalue weighted by atomic mass is 35.5. The molecule has 26 heavy (non-hydrogen) atoms. The number of thiol groups is 2. The van der Waals surface area contributed by atoms with Crippen molar-refractivity contribution in [1.29, 1.82) is 0 Å². The molecule has 13 heteroatoms. The fourth-order valence-electron chi connectivity index (χ4n) is 1.99. The molecule has 146 valence electrons. The Morgan fingerprint density at radius 3 is 2.35 bits per heavy atom. The van der Waals surface area contributed by atoms with E-state index < -0.39 is 22.3 Å². The van der Waals surface area contributed by atoms with Crippen LogP contribution in [-0.4, -0.2) is 43.6 Å². The molecule has 0 aliphatic rings. The van der Waals surface area contributed by atoms with E-state index in [0.29, 0.717) is 12.2 Å². The SMILES string of the molecule is COCCOC(NC(=S)S)C(NC(=S)S)c1ccc(S(N)(=O)=O)cc1Cl. The number of ether oxygens (including phenoxy) is 2. The zero-order chi connectivity index (χ0) is 19.9. The molecule has 1 aromatic rings. The van der Waals surface area contributed by atoms with Crippen LogP contribution in [0.25, 0.3) is 0 Å². The normalized spacial score (nSPS) is 13.7. The van der Waals surface area contributed by atoms with Gasteiger partial charge in [-0.05, 0) is 17.7 Å². The largest absolute Gasteiger partial charge is 0.382 e. The van der Waals surface area contributed by atoms with E-state index in [2.05, 4.69) is 35.9 Å². The summed E-state index contributed by atoms with van der Waals surface area (Å²) in [6, 6.07) is 3.43. The summed E-state index contributed by atoms with van der Waals surface area (Å²) in [7, 11) is -2.35. The molecule has 0 bridgehead atoms. The second-order valence-electron chi connectivity index (χ2n) is 4.89. The van der Waals surface area contributed by atoms with Crippen molar-refractivity contribution in [1.82, 2.24) is 10.6 Å². The molecule has 4 N–H and O–H groups in total. The lowest BCUT2D eigenvalue weighted by molar-refractivity contribution is -0.00599. The number of thiocarbonyl (C=S) groups is 2. The molecule has 0 heterocycles. The average Bonchev–Trinajstić information content (AvgIpc) is 2.50. The first kappa shape index (κ1) is 23.9. The highest BCUT2D eigenvalue weighted by Gasteiger charge is 2.27. The van der Waals surface area contributed by atoms with Crippen LogP contribution in [-0.2, 0) is 19.5 Å². The molecule has 0 saturated heterocycles. The minimum absolute atomic E-state index is 0.118. The van der Waals surface area contributed by atoms with Crippen LogP contribution in [0.3, 0.4) is 0 Å².